The van der Waals surface area contributed by atoms with Crippen LogP contribution < -0.4 is 20.7 Å². The fourth-order valence-corrected chi connectivity index (χ4v) is 6.28. The molecular weight excluding hydrogens is 612 g/mol. The van der Waals surface area contributed by atoms with Gasteiger partial charge in [0.15, 0.2) is 22.9 Å². The van der Waals surface area contributed by atoms with Crippen molar-refractivity contribution in [3.8, 4) is 17.6 Å². The summed E-state index contributed by atoms with van der Waals surface area (Å²) in [5.74, 6) is 4.24. The Kier molecular flexibility index (Phi) is 9.40. The maximum absolute atomic E-state index is 15.3. The van der Waals surface area contributed by atoms with Gasteiger partial charge in [-0.25, -0.2) is 18.2 Å². The van der Waals surface area contributed by atoms with Crippen molar-refractivity contribution >= 4 is 40.1 Å². The zero-order valence-electron chi connectivity index (χ0n) is 23.6. The first-order valence-electron chi connectivity index (χ1n) is 13.8. The Morgan fingerprint density at radius 1 is 1.25 bits per heavy atom. The number of halogens is 6. The summed E-state index contributed by atoms with van der Waals surface area (Å²) < 4.78 is 93.0. The summed E-state index contributed by atoms with van der Waals surface area (Å²) in [5.41, 5.74) is -4.21. The highest BCUT2D eigenvalue weighted by molar-refractivity contribution is 8.00. The van der Waals surface area contributed by atoms with Gasteiger partial charge in [0.25, 0.3) is 12.3 Å². The SMILES string of the molecule is CNC(=O)c1ccc(OCC#Cc2oc3c(N[C@@H]4C[C@H]5CC[C@@H]([C@@H]4F)N5C)cccc3c2SC(F)(F)F)c(NCC(F)F)n1. The number of ether oxygens (including phenoxy) is 1. The number of hydrogen-bond acceptors (Lipinski definition) is 8. The number of aromatic nitrogens is 1. The largest absolute Gasteiger partial charge is 0.477 e. The molecule has 2 aliphatic rings. The van der Waals surface area contributed by atoms with Gasteiger partial charge in [-0.2, -0.15) is 13.2 Å². The first kappa shape index (κ1) is 31.6. The zero-order valence-corrected chi connectivity index (χ0v) is 24.4. The van der Waals surface area contributed by atoms with E-state index in [1.165, 1.54) is 25.2 Å². The highest BCUT2D eigenvalue weighted by atomic mass is 32.2. The Balaban J connectivity index is 1.39. The predicted molar refractivity (Wildman–Crippen MR) is 154 cm³/mol. The molecular formula is C29H29F6N5O3S. The highest BCUT2D eigenvalue weighted by Gasteiger charge is 2.46. The number of furan rings is 1. The summed E-state index contributed by atoms with van der Waals surface area (Å²) in [4.78, 5) is 17.7. The molecule has 4 atom stereocenters. The molecule has 2 fully saturated rings. The van der Waals surface area contributed by atoms with Gasteiger partial charge in [0, 0.05) is 24.5 Å². The van der Waals surface area contributed by atoms with Gasteiger partial charge in [-0.3, -0.25) is 9.69 Å². The van der Waals surface area contributed by atoms with Gasteiger partial charge >= 0.3 is 5.51 Å². The lowest BCUT2D eigenvalue weighted by Crippen LogP contribution is -2.53. The molecule has 2 bridgehead atoms. The lowest BCUT2D eigenvalue weighted by molar-refractivity contribution is -0.0328. The molecule has 8 nitrogen and oxygen atoms in total. The molecule has 1 amide bonds. The summed E-state index contributed by atoms with van der Waals surface area (Å²) in [6, 6.07) is 6.80. The molecule has 3 N–H and O–H groups in total. The van der Waals surface area contributed by atoms with Crippen molar-refractivity contribution in [3.05, 3.63) is 41.8 Å². The number of hydrogen-bond donors (Lipinski definition) is 3. The third-order valence-corrected chi connectivity index (χ3v) is 8.49. The Hall–Kier alpha value is -3.77. The average molecular weight is 642 g/mol. The number of amides is 1. The van der Waals surface area contributed by atoms with Crippen LogP contribution in [0, 0.1) is 11.8 Å². The van der Waals surface area contributed by atoms with Gasteiger partial charge in [-0.1, -0.05) is 12.0 Å². The fourth-order valence-electron chi connectivity index (χ4n) is 5.60. The topological polar surface area (TPSA) is 91.7 Å². The van der Waals surface area contributed by atoms with Crippen molar-refractivity contribution in [2.45, 2.75) is 60.4 Å². The highest BCUT2D eigenvalue weighted by Crippen LogP contribution is 2.45. The Morgan fingerprint density at radius 3 is 2.77 bits per heavy atom. The van der Waals surface area contributed by atoms with Gasteiger partial charge in [0.1, 0.15) is 18.5 Å². The molecule has 236 valence electrons. The number of para-hydroxylation sites is 1. The van der Waals surface area contributed by atoms with E-state index in [9.17, 15) is 26.7 Å². The Morgan fingerprint density at radius 2 is 2.05 bits per heavy atom. The van der Waals surface area contributed by atoms with Crippen molar-refractivity contribution in [2.24, 2.45) is 0 Å². The minimum absolute atomic E-state index is 0.00135. The minimum Gasteiger partial charge on any atom is -0.477 e. The quantitative estimate of drug-likeness (QED) is 0.151. The third kappa shape index (κ3) is 6.96. The second-order valence-corrected chi connectivity index (χ2v) is 11.4. The number of piperidine rings is 1. The van der Waals surface area contributed by atoms with Gasteiger partial charge in [-0.05, 0) is 68.3 Å². The van der Waals surface area contributed by atoms with Crippen LogP contribution in [0.1, 0.15) is 35.5 Å². The molecule has 2 saturated heterocycles. The number of nitrogens with one attached hydrogen (secondary N) is 3. The molecule has 2 aliphatic heterocycles. The number of fused-ring (bicyclic) bond motifs is 3. The van der Waals surface area contributed by atoms with E-state index >= 15 is 4.39 Å². The standard InChI is InChI=1S/C29H29F6N5O3S/c1-36-28(41)18-9-11-22(27(39-18)37-14-23(30)31)42-12-4-7-21-26(44-29(33,34)35)16-5-3-6-17(25(16)43-21)38-19-13-15-8-10-20(24(19)32)40(15)2/h3,5-6,9,11,15,19-20,23-24,38H,8,10,12-14H2,1-2H3,(H,36,41)(H,37,39)/t15-,19-,20+,24-/m1/s1. The molecule has 0 aliphatic carbocycles. The Bertz CT molecular complexity index is 1570. The number of rotatable bonds is 9. The summed E-state index contributed by atoms with van der Waals surface area (Å²) in [7, 11) is 3.29. The van der Waals surface area contributed by atoms with Crippen LogP contribution in [0.15, 0.2) is 39.6 Å². The van der Waals surface area contributed by atoms with Crippen molar-refractivity contribution < 1.29 is 40.3 Å². The van der Waals surface area contributed by atoms with E-state index in [4.69, 9.17) is 9.15 Å². The second-order valence-electron chi connectivity index (χ2n) is 10.4. The van der Waals surface area contributed by atoms with E-state index in [0.29, 0.717) is 12.1 Å². The second kappa shape index (κ2) is 13.1. The van der Waals surface area contributed by atoms with Crippen LogP contribution in [0.3, 0.4) is 0 Å². The van der Waals surface area contributed by atoms with Crippen LogP contribution in [0.4, 0.5) is 37.8 Å². The molecule has 3 aromatic rings. The molecule has 1 aromatic carbocycles. The van der Waals surface area contributed by atoms with E-state index in [0.717, 1.165) is 12.8 Å². The van der Waals surface area contributed by atoms with Crippen molar-refractivity contribution in [2.75, 3.05) is 37.9 Å². The number of carbonyl (C=O) groups is 1. The van der Waals surface area contributed by atoms with Crippen LogP contribution in [-0.2, 0) is 0 Å². The van der Waals surface area contributed by atoms with E-state index in [-0.39, 0.29) is 69.3 Å². The summed E-state index contributed by atoms with van der Waals surface area (Å²) >= 11 is -0.372. The molecule has 5 rings (SSSR count). The van der Waals surface area contributed by atoms with Crippen molar-refractivity contribution in [1.82, 2.24) is 15.2 Å². The van der Waals surface area contributed by atoms with E-state index in [1.54, 1.807) is 12.1 Å². The normalized spacial score (nSPS) is 21.7. The number of thioether (sulfide) groups is 1. The summed E-state index contributed by atoms with van der Waals surface area (Å²) in [6.07, 6.45) is -1.69. The maximum atomic E-state index is 15.3. The van der Waals surface area contributed by atoms with Crippen molar-refractivity contribution in [1.29, 1.82) is 0 Å². The number of nitrogens with zero attached hydrogens (tertiary/aromatic N) is 2. The molecule has 2 aromatic heterocycles. The number of pyridine rings is 1. The molecule has 15 heteroatoms. The van der Waals surface area contributed by atoms with E-state index in [2.05, 4.69) is 32.8 Å². The fraction of sp³-hybridized carbons (Fsp3) is 0.448. The molecule has 4 heterocycles. The molecule has 0 unspecified atom stereocenters. The minimum atomic E-state index is -4.65. The van der Waals surface area contributed by atoms with Crippen molar-refractivity contribution in [3.63, 3.8) is 0 Å². The number of benzene rings is 1. The number of alkyl halides is 6. The lowest BCUT2D eigenvalue weighted by atomic mass is 9.95. The molecule has 0 saturated carbocycles. The number of anilines is 2. The Labute approximate surface area is 253 Å². The predicted octanol–water partition coefficient (Wildman–Crippen LogP) is 5.89. The monoisotopic (exact) mass is 641 g/mol. The van der Waals surface area contributed by atoms with Gasteiger partial charge in [0.05, 0.1) is 23.2 Å². The molecule has 0 radical (unpaired) electrons. The van der Waals surface area contributed by atoms with Gasteiger partial charge in [-0.15, -0.1) is 0 Å². The van der Waals surface area contributed by atoms with Crippen LogP contribution in [-0.4, -0.2) is 79.3 Å². The van der Waals surface area contributed by atoms with Gasteiger partial charge < -0.3 is 25.1 Å². The van der Waals surface area contributed by atoms with Crippen LogP contribution >= 0.6 is 11.8 Å². The first-order chi connectivity index (χ1) is 20.9. The number of carbonyl (C=O) groups excluding carboxylic acids is 1. The van der Waals surface area contributed by atoms with E-state index < -0.39 is 36.6 Å². The van der Waals surface area contributed by atoms with E-state index in [1.807, 2.05) is 11.9 Å². The van der Waals surface area contributed by atoms with Crippen LogP contribution in [0.25, 0.3) is 11.0 Å². The zero-order chi connectivity index (χ0) is 31.6. The lowest BCUT2D eigenvalue weighted by Gasteiger charge is -2.39. The maximum Gasteiger partial charge on any atom is 0.446 e. The first-order valence-corrected chi connectivity index (χ1v) is 14.6. The van der Waals surface area contributed by atoms with Crippen LogP contribution in [0.2, 0.25) is 0 Å². The summed E-state index contributed by atoms with van der Waals surface area (Å²) in [6.45, 7) is -1.13. The molecule has 44 heavy (non-hydrogen) atoms. The summed E-state index contributed by atoms with van der Waals surface area (Å²) in [5, 5.41) is 8.12. The average Bonchev–Trinajstić information content (AvgIpc) is 3.46. The van der Waals surface area contributed by atoms with Crippen LogP contribution in [0.5, 0.6) is 5.75 Å². The smallest absolute Gasteiger partial charge is 0.446 e. The third-order valence-electron chi connectivity index (χ3n) is 7.64. The molecule has 0 spiro atoms. The van der Waals surface area contributed by atoms with Gasteiger partial charge in [0.2, 0.25) is 0 Å².